The molecule has 0 bridgehead atoms. The van der Waals surface area contributed by atoms with Crippen molar-refractivity contribution in [1.29, 1.82) is 0 Å². The number of anilines is 1. The standard InChI is InChI=1S/C21H19N3O4/c1-13-18(14(2)28-24-13)20(26)19(25)16-8-10-17(11-9-16)23-21(27)22-12-15-6-4-3-5-7-15/h3-11H,12H2,1-2H3,(H2,22,23,27). The Labute approximate surface area is 161 Å². The van der Waals surface area contributed by atoms with Gasteiger partial charge in [-0.1, -0.05) is 35.5 Å². The topological polar surface area (TPSA) is 101 Å². The van der Waals surface area contributed by atoms with E-state index in [2.05, 4.69) is 15.8 Å². The van der Waals surface area contributed by atoms with Crippen LogP contribution >= 0.6 is 0 Å². The van der Waals surface area contributed by atoms with E-state index in [1.807, 2.05) is 30.3 Å². The summed E-state index contributed by atoms with van der Waals surface area (Å²) >= 11 is 0. The highest BCUT2D eigenvalue weighted by Crippen LogP contribution is 2.17. The molecule has 2 N–H and O–H groups in total. The lowest BCUT2D eigenvalue weighted by atomic mass is 10.0. The number of hydrogen-bond acceptors (Lipinski definition) is 5. The van der Waals surface area contributed by atoms with Crippen LogP contribution < -0.4 is 10.6 Å². The molecule has 3 rings (SSSR count). The number of amides is 2. The molecular formula is C21H19N3O4. The Morgan fingerprint density at radius 2 is 1.61 bits per heavy atom. The first-order chi connectivity index (χ1) is 13.5. The van der Waals surface area contributed by atoms with Crippen LogP contribution in [0.5, 0.6) is 0 Å². The molecule has 0 aliphatic heterocycles. The number of aryl methyl sites for hydroxylation is 2. The number of nitrogens with one attached hydrogen (secondary N) is 2. The summed E-state index contributed by atoms with van der Waals surface area (Å²) in [5.74, 6) is -1.02. The predicted molar refractivity (Wildman–Crippen MR) is 103 cm³/mol. The van der Waals surface area contributed by atoms with Crippen molar-refractivity contribution in [3.05, 3.63) is 82.7 Å². The van der Waals surface area contributed by atoms with Crippen LogP contribution in [0.4, 0.5) is 10.5 Å². The van der Waals surface area contributed by atoms with Crippen molar-refractivity contribution >= 4 is 23.3 Å². The van der Waals surface area contributed by atoms with E-state index in [1.54, 1.807) is 26.0 Å². The Balaban J connectivity index is 1.60. The number of nitrogens with zero attached hydrogens (tertiary/aromatic N) is 1. The zero-order chi connectivity index (χ0) is 20.1. The van der Waals surface area contributed by atoms with Gasteiger partial charge >= 0.3 is 6.03 Å². The molecule has 0 radical (unpaired) electrons. The summed E-state index contributed by atoms with van der Waals surface area (Å²) in [4.78, 5) is 36.8. The molecule has 1 aromatic heterocycles. The molecule has 3 aromatic rings. The lowest BCUT2D eigenvalue weighted by Crippen LogP contribution is -2.28. The van der Waals surface area contributed by atoms with Crippen LogP contribution in [0.1, 0.15) is 37.7 Å². The van der Waals surface area contributed by atoms with Gasteiger partial charge in [0.2, 0.25) is 11.6 Å². The minimum absolute atomic E-state index is 0.187. The van der Waals surface area contributed by atoms with Crippen LogP contribution in [0.15, 0.2) is 59.1 Å². The molecule has 1 heterocycles. The third-order valence-corrected chi connectivity index (χ3v) is 4.17. The van der Waals surface area contributed by atoms with Crippen molar-refractivity contribution < 1.29 is 18.9 Å². The average molecular weight is 377 g/mol. The second kappa shape index (κ2) is 8.30. The van der Waals surface area contributed by atoms with Gasteiger partial charge in [-0.05, 0) is 43.7 Å². The number of rotatable bonds is 6. The molecule has 0 fully saturated rings. The number of Topliss-reactive ketones (excluding diaryl/α,β-unsaturated/α-hetero) is 2. The van der Waals surface area contributed by atoms with Crippen LogP contribution in [-0.4, -0.2) is 22.8 Å². The molecule has 2 aromatic carbocycles. The van der Waals surface area contributed by atoms with E-state index in [0.717, 1.165) is 5.56 Å². The van der Waals surface area contributed by atoms with E-state index in [-0.39, 0.29) is 17.2 Å². The Hall–Kier alpha value is -3.74. The Bertz CT molecular complexity index is 988. The highest BCUT2D eigenvalue weighted by Gasteiger charge is 2.25. The average Bonchev–Trinajstić information content (AvgIpc) is 3.05. The fourth-order valence-corrected chi connectivity index (χ4v) is 2.71. The second-order valence-corrected chi connectivity index (χ2v) is 6.23. The molecule has 0 saturated carbocycles. The summed E-state index contributed by atoms with van der Waals surface area (Å²) in [6.45, 7) is 3.59. The van der Waals surface area contributed by atoms with Crippen molar-refractivity contribution in [3.8, 4) is 0 Å². The monoisotopic (exact) mass is 377 g/mol. The zero-order valence-corrected chi connectivity index (χ0v) is 15.5. The molecule has 7 nitrogen and oxygen atoms in total. The highest BCUT2D eigenvalue weighted by atomic mass is 16.5. The number of carbonyl (C=O) groups is 3. The Morgan fingerprint density at radius 1 is 0.929 bits per heavy atom. The van der Waals surface area contributed by atoms with Crippen LogP contribution in [0.3, 0.4) is 0 Å². The smallest absolute Gasteiger partial charge is 0.319 e. The van der Waals surface area contributed by atoms with Crippen LogP contribution in [-0.2, 0) is 6.54 Å². The molecular weight excluding hydrogens is 358 g/mol. The summed E-state index contributed by atoms with van der Waals surface area (Å²) in [5.41, 5.74) is 2.28. The summed E-state index contributed by atoms with van der Waals surface area (Å²) in [6.07, 6.45) is 0. The van der Waals surface area contributed by atoms with Crippen LogP contribution in [0.25, 0.3) is 0 Å². The molecule has 28 heavy (non-hydrogen) atoms. The molecule has 0 unspecified atom stereocenters. The van der Waals surface area contributed by atoms with E-state index in [0.29, 0.717) is 23.7 Å². The maximum Gasteiger partial charge on any atom is 0.319 e. The Morgan fingerprint density at radius 3 is 2.21 bits per heavy atom. The predicted octanol–water partition coefficient (Wildman–Crippen LogP) is 3.68. The molecule has 0 aliphatic rings. The molecule has 7 heteroatoms. The normalized spacial score (nSPS) is 10.4. The maximum absolute atomic E-state index is 12.4. The first kappa shape index (κ1) is 19.0. The molecule has 2 amide bonds. The van der Waals surface area contributed by atoms with Gasteiger partial charge in [0.25, 0.3) is 0 Å². The van der Waals surface area contributed by atoms with Gasteiger partial charge in [0.15, 0.2) is 0 Å². The quantitative estimate of drug-likeness (QED) is 0.504. The number of carbonyl (C=O) groups excluding carboxylic acids is 3. The lowest BCUT2D eigenvalue weighted by molar-refractivity contribution is 0.0815. The van der Waals surface area contributed by atoms with Gasteiger partial charge < -0.3 is 15.2 Å². The van der Waals surface area contributed by atoms with Gasteiger partial charge in [0, 0.05) is 17.8 Å². The van der Waals surface area contributed by atoms with Crippen molar-refractivity contribution in [2.45, 2.75) is 20.4 Å². The summed E-state index contributed by atoms with van der Waals surface area (Å²) in [5, 5.41) is 9.12. The van der Waals surface area contributed by atoms with E-state index in [9.17, 15) is 14.4 Å². The zero-order valence-electron chi connectivity index (χ0n) is 15.5. The van der Waals surface area contributed by atoms with Gasteiger partial charge in [-0.15, -0.1) is 0 Å². The summed E-state index contributed by atoms with van der Waals surface area (Å²) < 4.78 is 4.94. The number of benzene rings is 2. The highest BCUT2D eigenvalue weighted by molar-refractivity contribution is 6.49. The first-order valence-electron chi connectivity index (χ1n) is 8.66. The van der Waals surface area contributed by atoms with Gasteiger partial charge in [0.1, 0.15) is 5.76 Å². The van der Waals surface area contributed by atoms with Crippen molar-refractivity contribution in [2.24, 2.45) is 0 Å². The summed E-state index contributed by atoms with van der Waals surface area (Å²) in [7, 11) is 0. The van der Waals surface area contributed by atoms with Gasteiger partial charge in [-0.25, -0.2) is 4.79 Å². The van der Waals surface area contributed by atoms with E-state index < -0.39 is 11.6 Å². The van der Waals surface area contributed by atoms with Crippen molar-refractivity contribution in [1.82, 2.24) is 10.5 Å². The fraction of sp³-hybridized carbons (Fsp3) is 0.143. The maximum atomic E-state index is 12.4. The van der Waals surface area contributed by atoms with Gasteiger partial charge in [0.05, 0.1) is 11.3 Å². The van der Waals surface area contributed by atoms with E-state index in [4.69, 9.17) is 4.52 Å². The van der Waals surface area contributed by atoms with Gasteiger partial charge in [-0.2, -0.15) is 0 Å². The third kappa shape index (κ3) is 4.32. The molecule has 0 saturated heterocycles. The van der Waals surface area contributed by atoms with Crippen LogP contribution in [0.2, 0.25) is 0 Å². The largest absolute Gasteiger partial charge is 0.361 e. The number of hydrogen-bond donors (Lipinski definition) is 2. The minimum atomic E-state index is -0.669. The van der Waals surface area contributed by atoms with Gasteiger partial charge in [-0.3, -0.25) is 9.59 Å². The Kier molecular flexibility index (Phi) is 5.64. The molecule has 142 valence electrons. The third-order valence-electron chi connectivity index (χ3n) is 4.17. The summed E-state index contributed by atoms with van der Waals surface area (Å²) in [6, 6.07) is 15.3. The van der Waals surface area contributed by atoms with E-state index in [1.165, 1.54) is 12.1 Å². The van der Waals surface area contributed by atoms with E-state index >= 15 is 0 Å². The minimum Gasteiger partial charge on any atom is -0.361 e. The van der Waals surface area contributed by atoms with Crippen molar-refractivity contribution in [3.63, 3.8) is 0 Å². The molecule has 0 spiro atoms. The second-order valence-electron chi connectivity index (χ2n) is 6.23. The number of ketones is 2. The molecule has 0 aliphatic carbocycles. The SMILES string of the molecule is Cc1noc(C)c1C(=O)C(=O)c1ccc(NC(=O)NCc2ccccc2)cc1. The fourth-order valence-electron chi connectivity index (χ4n) is 2.71. The first-order valence-corrected chi connectivity index (χ1v) is 8.66. The number of urea groups is 1. The molecule has 0 atom stereocenters. The van der Waals surface area contributed by atoms with Crippen molar-refractivity contribution in [2.75, 3.05) is 5.32 Å². The lowest BCUT2D eigenvalue weighted by Gasteiger charge is -2.08. The van der Waals surface area contributed by atoms with Crippen LogP contribution in [0, 0.1) is 13.8 Å². The number of aromatic nitrogens is 1.